The maximum atomic E-state index is 14.9. The molecule has 6 rings (SSSR count). The molecule has 1 saturated heterocycles. The molecular formula is C30H24ClF2N5O5. The maximum Gasteiger partial charge on any atom is 0.356 e. The first-order valence-corrected chi connectivity index (χ1v) is 13.6. The minimum absolute atomic E-state index is 0.0159. The molecule has 0 unspecified atom stereocenters. The first-order valence-electron chi connectivity index (χ1n) is 13.3. The number of hydrogen-bond donors (Lipinski definition) is 0. The number of rotatable bonds is 10. The number of benzene rings is 1. The summed E-state index contributed by atoms with van der Waals surface area (Å²) in [6.45, 7) is 1.03. The van der Waals surface area contributed by atoms with Gasteiger partial charge in [-0.2, -0.15) is 0 Å². The summed E-state index contributed by atoms with van der Waals surface area (Å²) in [4.78, 5) is 29.6. The second-order valence-electron chi connectivity index (χ2n) is 9.63. The Bertz CT molecular complexity index is 1810. The Labute approximate surface area is 249 Å². The molecule has 10 nitrogen and oxygen atoms in total. The topological polar surface area (TPSA) is 110 Å². The fourth-order valence-corrected chi connectivity index (χ4v) is 4.63. The zero-order valence-electron chi connectivity index (χ0n) is 22.8. The highest BCUT2D eigenvalue weighted by molar-refractivity contribution is 6.30. The molecule has 1 atom stereocenters. The lowest BCUT2D eigenvalue weighted by atomic mass is 10.1. The van der Waals surface area contributed by atoms with Gasteiger partial charge in [0.05, 0.1) is 31.6 Å². The minimum Gasteiger partial charge on any atom is -0.473 e. The molecule has 0 radical (unpaired) electrons. The van der Waals surface area contributed by atoms with Gasteiger partial charge in [0.25, 0.3) is 0 Å². The number of carbonyl (C=O) groups is 1. The molecule has 1 aromatic carbocycles. The number of carbonyl (C=O) groups excluding carboxylic acids is 1. The van der Waals surface area contributed by atoms with Crippen molar-refractivity contribution in [3.05, 3.63) is 94.5 Å². The normalized spacial score (nSPS) is 14.4. The number of halogens is 3. The number of imidazole rings is 1. The summed E-state index contributed by atoms with van der Waals surface area (Å²) in [6, 6.07) is 13.8. The van der Waals surface area contributed by atoms with Crippen molar-refractivity contribution in [3.63, 3.8) is 0 Å². The van der Waals surface area contributed by atoms with Crippen molar-refractivity contribution in [2.24, 2.45) is 0 Å². The Morgan fingerprint density at radius 3 is 2.63 bits per heavy atom. The van der Waals surface area contributed by atoms with Crippen molar-refractivity contribution in [2.75, 3.05) is 13.7 Å². The van der Waals surface area contributed by atoms with E-state index in [0.717, 1.165) is 12.6 Å². The van der Waals surface area contributed by atoms with Crippen LogP contribution in [0.5, 0.6) is 11.8 Å². The molecule has 5 aromatic rings. The van der Waals surface area contributed by atoms with Crippen molar-refractivity contribution in [1.82, 2.24) is 24.5 Å². The number of nitrogens with zero attached hydrogens (tertiary/aromatic N) is 5. The Kier molecular flexibility index (Phi) is 8.12. The predicted molar refractivity (Wildman–Crippen MR) is 151 cm³/mol. The number of aromatic nitrogens is 5. The molecule has 0 bridgehead atoms. The van der Waals surface area contributed by atoms with Gasteiger partial charge in [-0.1, -0.05) is 23.7 Å². The SMILES string of the molecule is COC(=O)c1ccc2nc(COc3cc(-c4cccc(OCc5ccc(Cl)cc5F)n4)c(F)cn3)n(C[C@@H]3CCO3)c2n1. The largest absolute Gasteiger partial charge is 0.473 e. The number of pyridine rings is 3. The van der Waals surface area contributed by atoms with E-state index in [4.69, 9.17) is 30.5 Å². The maximum absolute atomic E-state index is 14.9. The average molecular weight is 608 g/mol. The predicted octanol–water partition coefficient (Wildman–Crippen LogP) is 5.55. The lowest BCUT2D eigenvalue weighted by Crippen LogP contribution is -2.32. The quantitative estimate of drug-likeness (QED) is 0.189. The Hall–Kier alpha value is -4.68. The molecule has 1 aliphatic heterocycles. The van der Waals surface area contributed by atoms with Crippen LogP contribution in [0.2, 0.25) is 5.02 Å². The number of fused-ring (bicyclic) bond motifs is 1. The highest BCUT2D eigenvalue weighted by Crippen LogP contribution is 2.27. The second kappa shape index (κ2) is 12.3. The van der Waals surface area contributed by atoms with Gasteiger partial charge in [-0.15, -0.1) is 0 Å². The standard InChI is InChI=1S/C30H24ClF2N5O5/c1-40-30(39)25-8-7-24-29(37-25)38(14-19-9-10-41-19)26(35-24)16-43-28-12-20(22(33)13-34-28)23-3-2-4-27(36-23)42-15-17-5-6-18(31)11-21(17)32/h2-8,11-13,19H,9-10,14-16H2,1H3/t19-/m0/s1. The first kappa shape index (κ1) is 28.4. The van der Waals surface area contributed by atoms with Gasteiger partial charge in [0.2, 0.25) is 11.8 Å². The van der Waals surface area contributed by atoms with Crippen LogP contribution in [0.25, 0.3) is 22.4 Å². The van der Waals surface area contributed by atoms with E-state index in [-0.39, 0.29) is 53.1 Å². The second-order valence-corrected chi connectivity index (χ2v) is 10.1. The van der Waals surface area contributed by atoms with Gasteiger partial charge in [0.15, 0.2) is 17.2 Å². The van der Waals surface area contributed by atoms with Crippen molar-refractivity contribution >= 4 is 28.7 Å². The first-order chi connectivity index (χ1) is 20.9. The van der Waals surface area contributed by atoms with Crippen LogP contribution in [0.3, 0.4) is 0 Å². The fraction of sp³-hybridized carbons (Fsp3) is 0.233. The van der Waals surface area contributed by atoms with Gasteiger partial charge < -0.3 is 23.5 Å². The number of esters is 1. The fourth-order valence-electron chi connectivity index (χ4n) is 4.47. The van der Waals surface area contributed by atoms with E-state index in [1.807, 2.05) is 4.57 Å². The minimum atomic E-state index is -0.616. The monoisotopic (exact) mass is 607 g/mol. The van der Waals surface area contributed by atoms with E-state index in [1.54, 1.807) is 36.4 Å². The number of hydrogen-bond acceptors (Lipinski definition) is 9. The summed E-state index contributed by atoms with van der Waals surface area (Å²) in [5.41, 5.74) is 1.91. The van der Waals surface area contributed by atoms with Gasteiger partial charge in [0, 0.05) is 34.9 Å². The molecule has 0 saturated carbocycles. The Balaban J connectivity index is 1.22. The third-order valence-electron chi connectivity index (χ3n) is 6.81. The van der Waals surface area contributed by atoms with E-state index < -0.39 is 17.6 Å². The summed E-state index contributed by atoms with van der Waals surface area (Å²) >= 11 is 5.81. The molecule has 220 valence electrons. The van der Waals surface area contributed by atoms with Gasteiger partial charge in [-0.05, 0) is 36.8 Å². The van der Waals surface area contributed by atoms with E-state index in [9.17, 15) is 13.6 Å². The van der Waals surface area contributed by atoms with Crippen LogP contribution in [0, 0.1) is 11.6 Å². The van der Waals surface area contributed by atoms with Crippen LogP contribution >= 0.6 is 11.6 Å². The molecule has 0 amide bonds. The van der Waals surface area contributed by atoms with Crippen molar-refractivity contribution < 1.29 is 32.5 Å². The average Bonchev–Trinajstić information content (AvgIpc) is 3.34. The molecule has 0 spiro atoms. The molecule has 0 N–H and O–H groups in total. The Morgan fingerprint density at radius 2 is 1.86 bits per heavy atom. The zero-order chi connectivity index (χ0) is 29.9. The van der Waals surface area contributed by atoms with E-state index in [1.165, 1.54) is 25.3 Å². The molecule has 1 aliphatic rings. The highest BCUT2D eigenvalue weighted by Gasteiger charge is 2.24. The van der Waals surface area contributed by atoms with Gasteiger partial charge in [-0.3, -0.25) is 0 Å². The highest BCUT2D eigenvalue weighted by atomic mass is 35.5. The molecule has 43 heavy (non-hydrogen) atoms. The number of methoxy groups -OCH3 is 1. The molecule has 1 fully saturated rings. The summed E-state index contributed by atoms with van der Waals surface area (Å²) in [6.07, 6.45) is 1.90. The molecule has 13 heteroatoms. The summed E-state index contributed by atoms with van der Waals surface area (Å²) < 4.78 is 52.8. The van der Waals surface area contributed by atoms with Gasteiger partial charge in [-0.25, -0.2) is 33.5 Å². The van der Waals surface area contributed by atoms with Crippen molar-refractivity contribution in [1.29, 1.82) is 0 Å². The van der Waals surface area contributed by atoms with Gasteiger partial charge in [0.1, 0.15) is 30.4 Å². The summed E-state index contributed by atoms with van der Waals surface area (Å²) in [5.74, 6) is -0.842. The lowest BCUT2D eigenvalue weighted by molar-refractivity contribution is -0.0593. The smallest absolute Gasteiger partial charge is 0.356 e. The van der Waals surface area contributed by atoms with E-state index >= 15 is 0 Å². The van der Waals surface area contributed by atoms with Crippen molar-refractivity contribution in [3.8, 4) is 23.0 Å². The molecule has 5 heterocycles. The van der Waals surface area contributed by atoms with Crippen LogP contribution in [-0.4, -0.2) is 50.3 Å². The lowest BCUT2D eigenvalue weighted by Gasteiger charge is -2.27. The molecule has 0 aliphatic carbocycles. The third kappa shape index (κ3) is 6.25. The number of ether oxygens (including phenoxy) is 4. The van der Waals surface area contributed by atoms with Gasteiger partial charge >= 0.3 is 5.97 Å². The van der Waals surface area contributed by atoms with Crippen LogP contribution in [0.4, 0.5) is 8.78 Å². The zero-order valence-corrected chi connectivity index (χ0v) is 23.6. The Morgan fingerprint density at radius 1 is 1.02 bits per heavy atom. The van der Waals surface area contributed by atoms with Crippen LogP contribution < -0.4 is 9.47 Å². The molecule has 4 aromatic heterocycles. The summed E-state index contributed by atoms with van der Waals surface area (Å²) in [7, 11) is 1.29. The van der Waals surface area contributed by atoms with E-state index in [2.05, 4.69) is 19.9 Å². The van der Waals surface area contributed by atoms with Crippen molar-refractivity contribution in [2.45, 2.75) is 32.3 Å². The molecular weight excluding hydrogens is 584 g/mol. The van der Waals surface area contributed by atoms with Crippen LogP contribution in [-0.2, 0) is 29.2 Å². The summed E-state index contributed by atoms with van der Waals surface area (Å²) in [5, 5.41) is 0.279. The third-order valence-corrected chi connectivity index (χ3v) is 7.05. The van der Waals surface area contributed by atoms with Crippen LogP contribution in [0.1, 0.15) is 28.3 Å². The van der Waals surface area contributed by atoms with E-state index in [0.29, 0.717) is 35.7 Å². The van der Waals surface area contributed by atoms with Crippen LogP contribution in [0.15, 0.2) is 60.8 Å².